The van der Waals surface area contributed by atoms with E-state index in [9.17, 15) is 0 Å². The fourth-order valence-electron chi connectivity index (χ4n) is 2.23. The molecule has 0 bridgehead atoms. The number of aryl methyl sites for hydroxylation is 1. The van der Waals surface area contributed by atoms with Crippen molar-refractivity contribution in [1.29, 1.82) is 0 Å². The first-order chi connectivity index (χ1) is 9.25. The van der Waals surface area contributed by atoms with Crippen LogP contribution in [0.15, 0.2) is 54.9 Å². The second kappa shape index (κ2) is 4.78. The minimum atomic E-state index is -0.180. The van der Waals surface area contributed by atoms with E-state index in [1.807, 2.05) is 49.5 Å². The third-order valence-corrected chi connectivity index (χ3v) is 3.31. The van der Waals surface area contributed by atoms with Gasteiger partial charge in [0.1, 0.15) is 0 Å². The smallest absolute Gasteiger partial charge is 0.0705 e. The van der Waals surface area contributed by atoms with Crippen LogP contribution in [0.3, 0.4) is 0 Å². The van der Waals surface area contributed by atoms with Gasteiger partial charge in [0.25, 0.3) is 0 Å². The van der Waals surface area contributed by atoms with Gasteiger partial charge in [-0.15, -0.1) is 0 Å². The molecule has 94 valence electrons. The number of rotatable bonds is 2. The zero-order valence-corrected chi connectivity index (χ0v) is 10.7. The molecule has 2 heterocycles. The Morgan fingerprint density at radius 1 is 1.00 bits per heavy atom. The quantitative estimate of drug-likeness (QED) is 0.759. The normalized spacial score (nSPS) is 12.5. The summed E-state index contributed by atoms with van der Waals surface area (Å²) in [6, 6.07) is 13.9. The number of nitrogens with two attached hydrogens (primary N) is 1. The Morgan fingerprint density at radius 3 is 2.63 bits per heavy atom. The van der Waals surface area contributed by atoms with Crippen LogP contribution in [0.4, 0.5) is 0 Å². The standard InChI is InChI=1S/C16H15N3/c1-11-6-7-12(10-19-11)16(17)14-8-9-18-15-5-3-2-4-13(14)15/h2-10,16H,17H2,1H3. The summed E-state index contributed by atoms with van der Waals surface area (Å²) in [5.41, 5.74) is 10.4. The maximum absolute atomic E-state index is 6.36. The van der Waals surface area contributed by atoms with Crippen molar-refractivity contribution in [2.24, 2.45) is 5.73 Å². The molecule has 2 aromatic heterocycles. The first-order valence-electron chi connectivity index (χ1n) is 6.27. The maximum atomic E-state index is 6.36. The molecule has 0 spiro atoms. The van der Waals surface area contributed by atoms with Crippen LogP contribution in [-0.4, -0.2) is 9.97 Å². The molecule has 1 aromatic carbocycles. The van der Waals surface area contributed by atoms with Gasteiger partial charge in [-0.1, -0.05) is 24.3 Å². The van der Waals surface area contributed by atoms with E-state index in [1.165, 1.54) is 0 Å². The van der Waals surface area contributed by atoms with E-state index in [4.69, 9.17) is 5.73 Å². The topological polar surface area (TPSA) is 51.8 Å². The second-order valence-corrected chi connectivity index (χ2v) is 4.63. The van der Waals surface area contributed by atoms with Crippen LogP contribution in [0.2, 0.25) is 0 Å². The van der Waals surface area contributed by atoms with Gasteiger partial charge in [0.15, 0.2) is 0 Å². The molecule has 0 aliphatic heterocycles. The average Bonchev–Trinajstić information content (AvgIpc) is 2.47. The van der Waals surface area contributed by atoms with E-state index in [0.717, 1.165) is 27.7 Å². The maximum Gasteiger partial charge on any atom is 0.0705 e. The number of benzene rings is 1. The molecule has 0 radical (unpaired) electrons. The highest BCUT2D eigenvalue weighted by Gasteiger charge is 2.12. The van der Waals surface area contributed by atoms with Gasteiger partial charge in [0.05, 0.1) is 11.6 Å². The van der Waals surface area contributed by atoms with E-state index in [-0.39, 0.29) is 6.04 Å². The molecule has 3 rings (SSSR count). The van der Waals surface area contributed by atoms with Crippen LogP contribution in [0.25, 0.3) is 10.9 Å². The zero-order valence-electron chi connectivity index (χ0n) is 10.7. The largest absolute Gasteiger partial charge is 0.320 e. The first-order valence-corrected chi connectivity index (χ1v) is 6.27. The fourth-order valence-corrected chi connectivity index (χ4v) is 2.23. The molecule has 1 unspecified atom stereocenters. The lowest BCUT2D eigenvalue weighted by atomic mass is 9.97. The average molecular weight is 249 g/mol. The number of hydrogen-bond donors (Lipinski definition) is 1. The lowest BCUT2D eigenvalue weighted by Crippen LogP contribution is -2.12. The SMILES string of the molecule is Cc1ccc(C(N)c2ccnc3ccccc23)cn1. The van der Waals surface area contributed by atoms with Gasteiger partial charge < -0.3 is 5.73 Å². The molecule has 3 aromatic rings. The summed E-state index contributed by atoms with van der Waals surface area (Å²) in [5, 5.41) is 1.10. The summed E-state index contributed by atoms with van der Waals surface area (Å²) >= 11 is 0. The van der Waals surface area contributed by atoms with Crippen molar-refractivity contribution in [3.8, 4) is 0 Å². The van der Waals surface area contributed by atoms with Crippen molar-refractivity contribution in [1.82, 2.24) is 9.97 Å². The van der Waals surface area contributed by atoms with Gasteiger partial charge in [-0.3, -0.25) is 9.97 Å². The summed E-state index contributed by atoms with van der Waals surface area (Å²) in [6.07, 6.45) is 3.65. The molecule has 3 heteroatoms. The molecule has 0 amide bonds. The molecule has 3 nitrogen and oxygen atoms in total. The highest BCUT2D eigenvalue weighted by atomic mass is 14.7. The molecule has 19 heavy (non-hydrogen) atoms. The van der Waals surface area contributed by atoms with Crippen LogP contribution in [-0.2, 0) is 0 Å². The molecule has 1 atom stereocenters. The lowest BCUT2D eigenvalue weighted by Gasteiger charge is -2.14. The Morgan fingerprint density at radius 2 is 1.84 bits per heavy atom. The molecule has 0 saturated heterocycles. The van der Waals surface area contributed by atoms with Crippen molar-refractivity contribution >= 4 is 10.9 Å². The Bertz CT molecular complexity index is 699. The number of fused-ring (bicyclic) bond motifs is 1. The molecule has 0 aliphatic carbocycles. The Balaban J connectivity index is 2.11. The number of nitrogens with zero attached hydrogens (tertiary/aromatic N) is 2. The van der Waals surface area contributed by atoms with E-state index in [1.54, 1.807) is 6.20 Å². The number of pyridine rings is 2. The molecule has 0 aliphatic rings. The zero-order chi connectivity index (χ0) is 13.2. The van der Waals surface area contributed by atoms with Gasteiger partial charge in [0.2, 0.25) is 0 Å². The summed E-state index contributed by atoms with van der Waals surface area (Å²) in [7, 11) is 0. The third-order valence-electron chi connectivity index (χ3n) is 3.31. The Hall–Kier alpha value is -2.26. The van der Waals surface area contributed by atoms with E-state index in [2.05, 4.69) is 16.0 Å². The highest BCUT2D eigenvalue weighted by molar-refractivity contribution is 5.82. The number of aromatic nitrogens is 2. The van der Waals surface area contributed by atoms with E-state index in [0.29, 0.717) is 0 Å². The van der Waals surface area contributed by atoms with Gasteiger partial charge in [-0.2, -0.15) is 0 Å². The number of para-hydroxylation sites is 1. The molecule has 0 fully saturated rings. The highest BCUT2D eigenvalue weighted by Crippen LogP contribution is 2.25. The Labute approximate surface area is 112 Å². The Kier molecular flexibility index (Phi) is 2.97. The van der Waals surface area contributed by atoms with Crippen molar-refractivity contribution < 1.29 is 0 Å². The van der Waals surface area contributed by atoms with Crippen molar-refractivity contribution in [3.05, 3.63) is 71.7 Å². The van der Waals surface area contributed by atoms with Crippen molar-refractivity contribution in [2.75, 3.05) is 0 Å². The predicted octanol–water partition coefficient (Wildman–Crippen LogP) is 2.99. The summed E-state index contributed by atoms with van der Waals surface area (Å²) in [4.78, 5) is 8.67. The van der Waals surface area contributed by atoms with Gasteiger partial charge in [-0.25, -0.2) is 0 Å². The number of hydrogen-bond acceptors (Lipinski definition) is 3. The minimum absolute atomic E-state index is 0.180. The summed E-state index contributed by atoms with van der Waals surface area (Å²) < 4.78 is 0. The summed E-state index contributed by atoms with van der Waals surface area (Å²) in [5.74, 6) is 0. The minimum Gasteiger partial charge on any atom is -0.320 e. The third kappa shape index (κ3) is 2.20. The van der Waals surface area contributed by atoms with Crippen LogP contribution in [0.5, 0.6) is 0 Å². The van der Waals surface area contributed by atoms with Crippen molar-refractivity contribution in [2.45, 2.75) is 13.0 Å². The van der Waals surface area contributed by atoms with Gasteiger partial charge >= 0.3 is 0 Å². The van der Waals surface area contributed by atoms with Gasteiger partial charge in [0, 0.05) is 23.5 Å². The van der Waals surface area contributed by atoms with Crippen LogP contribution in [0, 0.1) is 6.92 Å². The first kappa shape index (κ1) is 11.8. The summed E-state index contributed by atoms with van der Waals surface area (Å²) in [6.45, 7) is 1.97. The molecular formula is C16H15N3. The van der Waals surface area contributed by atoms with Crippen LogP contribution >= 0.6 is 0 Å². The van der Waals surface area contributed by atoms with Gasteiger partial charge in [-0.05, 0) is 36.2 Å². The van der Waals surface area contributed by atoms with Crippen molar-refractivity contribution in [3.63, 3.8) is 0 Å². The fraction of sp³-hybridized carbons (Fsp3) is 0.125. The lowest BCUT2D eigenvalue weighted by molar-refractivity contribution is 0.867. The van der Waals surface area contributed by atoms with Crippen LogP contribution in [0.1, 0.15) is 22.9 Å². The van der Waals surface area contributed by atoms with E-state index < -0.39 is 0 Å². The van der Waals surface area contributed by atoms with E-state index >= 15 is 0 Å². The molecule has 0 saturated carbocycles. The van der Waals surface area contributed by atoms with Crippen LogP contribution < -0.4 is 5.73 Å². The molecule has 2 N–H and O–H groups in total. The predicted molar refractivity (Wildman–Crippen MR) is 76.7 cm³/mol. The molecular weight excluding hydrogens is 234 g/mol. The second-order valence-electron chi connectivity index (χ2n) is 4.63. The monoisotopic (exact) mass is 249 g/mol.